The summed E-state index contributed by atoms with van der Waals surface area (Å²) in [6.07, 6.45) is 1.05. The van der Waals surface area contributed by atoms with Crippen molar-refractivity contribution in [1.82, 2.24) is 5.32 Å². The van der Waals surface area contributed by atoms with Crippen LogP contribution in [0.1, 0.15) is 26.2 Å². The highest BCUT2D eigenvalue weighted by molar-refractivity contribution is 4.91. The molecule has 0 atom stereocenters. The summed E-state index contributed by atoms with van der Waals surface area (Å²) in [4.78, 5) is 0. The first-order valence-electron chi connectivity index (χ1n) is 3.66. The zero-order valence-electron chi connectivity index (χ0n) is 6.16. The van der Waals surface area contributed by atoms with Gasteiger partial charge in [0.15, 0.2) is 0 Å². The van der Waals surface area contributed by atoms with Crippen LogP contribution in [0.5, 0.6) is 0 Å². The number of halogens is 2. The lowest BCUT2D eigenvalue weighted by Gasteiger charge is -2.39. The molecule has 1 aliphatic carbocycles. The first kappa shape index (κ1) is 7.92. The minimum absolute atomic E-state index is 0.0242. The van der Waals surface area contributed by atoms with Gasteiger partial charge in [-0.25, -0.2) is 8.78 Å². The van der Waals surface area contributed by atoms with E-state index in [-0.39, 0.29) is 12.1 Å². The van der Waals surface area contributed by atoms with Crippen LogP contribution in [0.4, 0.5) is 8.78 Å². The molecule has 0 bridgehead atoms. The van der Waals surface area contributed by atoms with Crippen molar-refractivity contribution in [3.05, 3.63) is 0 Å². The molecule has 0 unspecified atom stereocenters. The molecule has 60 valence electrons. The van der Waals surface area contributed by atoms with E-state index < -0.39 is 6.43 Å². The van der Waals surface area contributed by atoms with Crippen LogP contribution in [0.15, 0.2) is 0 Å². The second kappa shape index (κ2) is 2.82. The first-order chi connectivity index (χ1) is 4.62. The van der Waals surface area contributed by atoms with Gasteiger partial charge in [0.25, 0.3) is 6.43 Å². The fourth-order valence-corrected chi connectivity index (χ4v) is 1.21. The maximum atomic E-state index is 11.7. The Kier molecular flexibility index (Phi) is 2.24. The van der Waals surface area contributed by atoms with Gasteiger partial charge in [0.05, 0.1) is 6.54 Å². The summed E-state index contributed by atoms with van der Waals surface area (Å²) in [6.45, 7) is 1.84. The van der Waals surface area contributed by atoms with E-state index in [4.69, 9.17) is 0 Å². The quantitative estimate of drug-likeness (QED) is 0.645. The molecule has 1 N–H and O–H groups in total. The number of nitrogens with one attached hydrogen (secondary N) is 1. The summed E-state index contributed by atoms with van der Waals surface area (Å²) in [5, 5.41) is 2.84. The second-order valence-electron chi connectivity index (χ2n) is 3.19. The highest BCUT2D eigenvalue weighted by Gasteiger charge is 2.31. The minimum Gasteiger partial charge on any atom is -0.306 e. The highest BCUT2D eigenvalue weighted by Crippen LogP contribution is 2.30. The number of rotatable bonds is 3. The van der Waals surface area contributed by atoms with E-state index in [9.17, 15) is 8.78 Å². The largest absolute Gasteiger partial charge is 0.306 e. The van der Waals surface area contributed by atoms with Crippen molar-refractivity contribution in [3.8, 4) is 0 Å². The van der Waals surface area contributed by atoms with Gasteiger partial charge in [-0.15, -0.1) is 0 Å². The van der Waals surface area contributed by atoms with Gasteiger partial charge >= 0.3 is 0 Å². The van der Waals surface area contributed by atoms with Crippen molar-refractivity contribution < 1.29 is 8.78 Å². The van der Waals surface area contributed by atoms with Crippen molar-refractivity contribution in [1.29, 1.82) is 0 Å². The van der Waals surface area contributed by atoms with Gasteiger partial charge in [0, 0.05) is 5.54 Å². The van der Waals surface area contributed by atoms with Crippen LogP contribution in [-0.2, 0) is 0 Å². The summed E-state index contributed by atoms with van der Waals surface area (Å²) < 4.78 is 23.3. The molecule has 0 aromatic heterocycles. The number of alkyl halides is 2. The Balaban J connectivity index is 2.12. The summed E-state index contributed by atoms with van der Waals surface area (Å²) >= 11 is 0. The van der Waals surface area contributed by atoms with E-state index in [1.54, 1.807) is 0 Å². The van der Waals surface area contributed by atoms with Gasteiger partial charge < -0.3 is 5.32 Å². The molecule has 1 nitrogen and oxygen atoms in total. The Morgan fingerprint density at radius 3 is 2.40 bits per heavy atom. The average Bonchev–Trinajstić information content (AvgIpc) is 1.79. The number of hydrogen-bond acceptors (Lipinski definition) is 1. The van der Waals surface area contributed by atoms with E-state index in [0.717, 1.165) is 12.8 Å². The van der Waals surface area contributed by atoms with Gasteiger partial charge in [-0.1, -0.05) is 0 Å². The summed E-state index contributed by atoms with van der Waals surface area (Å²) in [6, 6.07) is 0. The molecule has 1 fully saturated rings. The zero-order valence-corrected chi connectivity index (χ0v) is 6.16. The highest BCUT2D eigenvalue weighted by atomic mass is 19.3. The predicted octanol–water partition coefficient (Wildman–Crippen LogP) is 1.78. The molecule has 0 amide bonds. The molecule has 1 saturated carbocycles. The monoisotopic (exact) mass is 149 g/mol. The third-order valence-electron chi connectivity index (χ3n) is 2.14. The van der Waals surface area contributed by atoms with Crippen LogP contribution in [0, 0.1) is 0 Å². The van der Waals surface area contributed by atoms with Crippen LogP contribution >= 0.6 is 0 Å². The molecule has 0 aliphatic heterocycles. The van der Waals surface area contributed by atoms with Crippen LogP contribution < -0.4 is 5.32 Å². The lowest BCUT2D eigenvalue weighted by atomic mass is 9.78. The molecule has 0 aromatic carbocycles. The summed E-state index contributed by atoms with van der Waals surface area (Å²) in [7, 11) is 0. The van der Waals surface area contributed by atoms with Crippen molar-refractivity contribution in [3.63, 3.8) is 0 Å². The van der Waals surface area contributed by atoms with Crippen LogP contribution in [0.25, 0.3) is 0 Å². The average molecular weight is 149 g/mol. The molecular weight excluding hydrogens is 136 g/mol. The fourth-order valence-electron chi connectivity index (χ4n) is 1.21. The molecule has 0 heterocycles. The molecule has 10 heavy (non-hydrogen) atoms. The number of hydrogen-bond donors (Lipinski definition) is 1. The van der Waals surface area contributed by atoms with Crippen LogP contribution in [-0.4, -0.2) is 18.5 Å². The smallest absolute Gasteiger partial charge is 0.250 e. The van der Waals surface area contributed by atoms with Crippen molar-refractivity contribution in [2.75, 3.05) is 6.54 Å². The third-order valence-corrected chi connectivity index (χ3v) is 2.14. The van der Waals surface area contributed by atoms with E-state index >= 15 is 0 Å². The Labute approximate surface area is 59.8 Å². The first-order valence-corrected chi connectivity index (χ1v) is 3.66. The van der Waals surface area contributed by atoms with Crippen molar-refractivity contribution >= 4 is 0 Å². The molecule has 0 saturated heterocycles. The van der Waals surface area contributed by atoms with Gasteiger partial charge in [-0.3, -0.25) is 0 Å². The Hall–Kier alpha value is -0.180. The van der Waals surface area contributed by atoms with Crippen molar-refractivity contribution in [2.45, 2.75) is 38.2 Å². The standard InChI is InChI=1S/C7H13F2N/c1-7(3-2-4-7)10-5-6(8)9/h6,10H,2-5H2,1H3. The summed E-state index contributed by atoms with van der Waals surface area (Å²) in [5.41, 5.74) is 0.0242. The lowest BCUT2D eigenvalue weighted by molar-refractivity contribution is 0.111. The van der Waals surface area contributed by atoms with Gasteiger partial charge in [-0.05, 0) is 26.2 Å². The molecule has 3 heteroatoms. The molecule has 1 aliphatic rings. The van der Waals surface area contributed by atoms with E-state index in [1.807, 2.05) is 6.92 Å². The maximum absolute atomic E-state index is 11.7. The molecule has 0 aromatic rings. The van der Waals surface area contributed by atoms with E-state index in [1.165, 1.54) is 6.42 Å². The van der Waals surface area contributed by atoms with E-state index in [2.05, 4.69) is 5.32 Å². The lowest BCUT2D eigenvalue weighted by Crippen LogP contribution is -2.49. The minimum atomic E-state index is -2.21. The van der Waals surface area contributed by atoms with Gasteiger partial charge in [0.2, 0.25) is 0 Å². The molecular formula is C7H13F2N. The second-order valence-corrected chi connectivity index (χ2v) is 3.19. The molecule has 0 spiro atoms. The van der Waals surface area contributed by atoms with Crippen molar-refractivity contribution in [2.24, 2.45) is 0 Å². The predicted molar refractivity (Wildman–Crippen MR) is 36.3 cm³/mol. The molecule has 1 rings (SSSR count). The molecule has 0 radical (unpaired) electrons. The van der Waals surface area contributed by atoms with Gasteiger partial charge in [0.1, 0.15) is 0 Å². The summed E-state index contributed by atoms with van der Waals surface area (Å²) in [5.74, 6) is 0. The normalized spacial score (nSPS) is 22.8. The Morgan fingerprint density at radius 2 is 2.10 bits per heavy atom. The fraction of sp³-hybridized carbons (Fsp3) is 1.00. The van der Waals surface area contributed by atoms with Crippen LogP contribution in [0.3, 0.4) is 0 Å². The topological polar surface area (TPSA) is 12.0 Å². The Bertz CT molecular complexity index is 110. The van der Waals surface area contributed by atoms with Gasteiger partial charge in [-0.2, -0.15) is 0 Å². The maximum Gasteiger partial charge on any atom is 0.250 e. The Morgan fingerprint density at radius 1 is 1.50 bits per heavy atom. The van der Waals surface area contributed by atoms with Crippen LogP contribution in [0.2, 0.25) is 0 Å². The SMILES string of the molecule is CC1(NCC(F)F)CCC1. The zero-order chi connectivity index (χ0) is 7.61. The third kappa shape index (κ3) is 1.90. The van der Waals surface area contributed by atoms with E-state index in [0.29, 0.717) is 0 Å².